The second-order valence-electron chi connectivity index (χ2n) is 24.3. The van der Waals surface area contributed by atoms with Crippen molar-refractivity contribution in [2.75, 3.05) is 6.61 Å². The lowest BCUT2D eigenvalue weighted by atomic mass is 10.0. The minimum absolute atomic E-state index is 0.0694. The molecule has 1 amide bonds. The SMILES string of the molecule is CCCCCCCCCCCCCCCCCCCCCCCCC/C=C/CC/C=C/CC/C=C/C(O)C(CO)NC(=O)CCCCCCCCCCCCCCCCCCCCCCCCCCCCCCCCC. The number of hydrogen-bond donors (Lipinski definition) is 3. The van der Waals surface area contributed by atoms with Crippen molar-refractivity contribution >= 4 is 5.91 Å². The summed E-state index contributed by atoms with van der Waals surface area (Å²) in [7, 11) is 0. The van der Waals surface area contributed by atoms with Crippen molar-refractivity contribution in [3.05, 3.63) is 36.5 Å². The number of amides is 1. The van der Waals surface area contributed by atoms with E-state index in [1.165, 1.54) is 340 Å². The number of hydrogen-bond acceptors (Lipinski definition) is 3. The normalized spacial score (nSPS) is 12.8. The average Bonchev–Trinajstić information content (AvgIpc) is 3.42. The van der Waals surface area contributed by atoms with E-state index < -0.39 is 12.1 Å². The maximum absolute atomic E-state index is 12.5. The summed E-state index contributed by atoms with van der Waals surface area (Å²) < 4.78 is 0. The second-order valence-corrected chi connectivity index (χ2v) is 24.3. The van der Waals surface area contributed by atoms with E-state index in [4.69, 9.17) is 0 Å². The van der Waals surface area contributed by atoms with Gasteiger partial charge in [0.05, 0.1) is 18.8 Å². The molecule has 450 valence electrons. The van der Waals surface area contributed by atoms with Gasteiger partial charge in [-0.25, -0.2) is 0 Å². The van der Waals surface area contributed by atoms with Gasteiger partial charge in [-0.3, -0.25) is 4.79 Å². The zero-order chi connectivity index (χ0) is 54.8. The topological polar surface area (TPSA) is 69.6 Å². The van der Waals surface area contributed by atoms with Crippen LogP contribution in [0.5, 0.6) is 0 Å². The van der Waals surface area contributed by atoms with Crippen molar-refractivity contribution in [3.63, 3.8) is 0 Å². The first-order valence-electron chi connectivity index (χ1n) is 35.2. The molecule has 0 saturated carbocycles. The Balaban J connectivity index is 3.46. The van der Waals surface area contributed by atoms with Gasteiger partial charge in [0.2, 0.25) is 5.91 Å². The Morgan fingerprint density at radius 1 is 0.303 bits per heavy atom. The number of carbonyl (C=O) groups is 1. The number of carbonyl (C=O) groups excluding carboxylic acids is 1. The summed E-state index contributed by atoms with van der Waals surface area (Å²) in [4.78, 5) is 12.5. The van der Waals surface area contributed by atoms with Crippen LogP contribution in [-0.4, -0.2) is 34.9 Å². The van der Waals surface area contributed by atoms with Crippen molar-refractivity contribution in [3.8, 4) is 0 Å². The lowest BCUT2D eigenvalue weighted by Crippen LogP contribution is -2.45. The molecule has 0 spiro atoms. The smallest absolute Gasteiger partial charge is 0.220 e. The molecule has 3 N–H and O–H groups in total. The molecule has 0 aliphatic rings. The molecule has 0 aliphatic heterocycles. The summed E-state index contributed by atoms with van der Waals surface area (Å²) in [5.74, 6) is -0.0694. The molecule has 0 fully saturated rings. The lowest BCUT2D eigenvalue weighted by Gasteiger charge is -2.19. The molecule has 0 bridgehead atoms. The van der Waals surface area contributed by atoms with Crippen LogP contribution >= 0.6 is 0 Å². The lowest BCUT2D eigenvalue weighted by molar-refractivity contribution is -0.123. The molecule has 0 heterocycles. The van der Waals surface area contributed by atoms with E-state index >= 15 is 0 Å². The van der Waals surface area contributed by atoms with Crippen molar-refractivity contribution in [1.82, 2.24) is 5.32 Å². The fourth-order valence-corrected chi connectivity index (χ4v) is 11.3. The van der Waals surface area contributed by atoms with Gasteiger partial charge < -0.3 is 15.5 Å². The number of aliphatic hydroxyl groups excluding tert-OH is 2. The highest BCUT2D eigenvalue weighted by atomic mass is 16.3. The maximum atomic E-state index is 12.5. The van der Waals surface area contributed by atoms with Gasteiger partial charge in [0.25, 0.3) is 0 Å². The van der Waals surface area contributed by atoms with Gasteiger partial charge >= 0.3 is 0 Å². The van der Waals surface area contributed by atoms with Crippen molar-refractivity contribution in [1.29, 1.82) is 0 Å². The molecular weight excluding hydrogens is 927 g/mol. The van der Waals surface area contributed by atoms with Crippen LogP contribution in [0.4, 0.5) is 0 Å². The van der Waals surface area contributed by atoms with Gasteiger partial charge in [-0.1, -0.05) is 384 Å². The highest BCUT2D eigenvalue weighted by molar-refractivity contribution is 5.76. The van der Waals surface area contributed by atoms with Crippen molar-refractivity contribution < 1.29 is 15.0 Å². The summed E-state index contributed by atoms with van der Waals surface area (Å²) in [6, 6.07) is -0.646. The van der Waals surface area contributed by atoms with Crippen LogP contribution in [0.3, 0.4) is 0 Å². The third-order valence-electron chi connectivity index (χ3n) is 16.6. The third kappa shape index (κ3) is 63.4. The molecule has 4 heteroatoms. The van der Waals surface area contributed by atoms with E-state index in [2.05, 4.69) is 43.5 Å². The van der Waals surface area contributed by atoms with Gasteiger partial charge in [-0.05, 0) is 44.9 Å². The minimum Gasteiger partial charge on any atom is -0.394 e. The minimum atomic E-state index is -0.871. The first-order chi connectivity index (χ1) is 37.7. The summed E-state index contributed by atoms with van der Waals surface area (Å²) in [5, 5.41) is 23.3. The van der Waals surface area contributed by atoms with Gasteiger partial charge in [0.15, 0.2) is 0 Å². The van der Waals surface area contributed by atoms with E-state index in [0.717, 1.165) is 38.5 Å². The molecule has 0 aromatic heterocycles. The van der Waals surface area contributed by atoms with Crippen molar-refractivity contribution in [2.45, 2.75) is 411 Å². The summed E-state index contributed by atoms with van der Waals surface area (Å²) in [6.45, 7) is 4.35. The quantitative estimate of drug-likeness (QED) is 0.0420. The largest absolute Gasteiger partial charge is 0.394 e. The average molecular weight is 1070 g/mol. The van der Waals surface area contributed by atoms with Gasteiger partial charge in [0.1, 0.15) is 0 Å². The maximum Gasteiger partial charge on any atom is 0.220 e. The molecule has 0 aromatic carbocycles. The van der Waals surface area contributed by atoms with Crippen LogP contribution in [0.2, 0.25) is 0 Å². The third-order valence-corrected chi connectivity index (χ3v) is 16.6. The Kier molecular flexibility index (Phi) is 66.6. The molecule has 0 rings (SSSR count). The monoisotopic (exact) mass is 1070 g/mol. The van der Waals surface area contributed by atoms with Crippen LogP contribution in [0.1, 0.15) is 399 Å². The summed E-state index contributed by atoms with van der Waals surface area (Å²) in [6.07, 6.45) is 93.9. The van der Waals surface area contributed by atoms with Crippen LogP contribution in [0.25, 0.3) is 0 Å². The molecule has 2 atom stereocenters. The first-order valence-corrected chi connectivity index (χ1v) is 35.2. The number of nitrogens with one attached hydrogen (secondary N) is 1. The summed E-state index contributed by atoms with van der Waals surface area (Å²) >= 11 is 0. The van der Waals surface area contributed by atoms with E-state index in [-0.39, 0.29) is 12.5 Å². The Bertz CT molecular complexity index is 1160. The Labute approximate surface area is 478 Å². The van der Waals surface area contributed by atoms with E-state index in [9.17, 15) is 15.0 Å². The Morgan fingerprint density at radius 2 is 0.513 bits per heavy atom. The highest BCUT2D eigenvalue weighted by Crippen LogP contribution is 2.19. The molecule has 2 unspecified atom stereocenters. The van der Waals surface area contributed by atoms with Gasteiger partial charge in [0, 0.05) is 6.42 Å². The van der Waals surface area contributed by atoms with Crippen LogP contribution < -0.4 is 5.32 Å². The van der Waals surface area contributed by atoms with Crippen LogP contribution in [-0.2, 0) is 4.79 Å². The molecule has 4 nitrogen and oxygen atoms in total. The molecule has 0 aliphatic carbocycles. The van der Waals surface area contributed by atoms with Crippen LogP contribution in [0.15, 0.2) is 36.5 Å². The van der Waals surface area contributed by atoms with Crippen LogP contribution in [0, 0.1) is 0 Å². The number of aliphatic hydroxyl groups is 2. The molecule has 76 heavy (non-hydrogen) atoms. The molecule has 0 saturated heterocycles. The van der Waals surface area contributed by atoms with Crippen molar-refractivity contribution in [2.24, 2.45) is 0 Å². The fraction of sp³-hybridized carbons (Fsp3) is 0.903. The standard InChI is InChI=1S/C72H139NO3/c1-3-5-7-9-11-13-15-17-19-21-23-25-27-29-31-33-35-36-38-39-41-43-45-47-49-51-53-55-57-59-61-63-65-67-71(75)70(69-74)73-72(76)68-66-64-62-60-58-56-54-52-50-48-46-44-42-40-37-34-32-30-28-26-24-22-20-18-16-14-12-10-8-6-4-2/h49,51,57,59,65,67,70-71,74-75H,3-48,50,52-56,58,60-64,66,68-69H2,1-2H3,(H,73,76)/b51-49+,59-57+,67-65+. The summed E-state index contributed by atoms with van der Waals surface area (Å²) in [5.41, 5.74) is 0. The van der Waals surface area contributed by atoms with E-state index in [0.29, 0.717) is 6.42 Å². The fourth-order valence-electron chi connectivity index (χ4n) is 11.3. The second kappa shape index (κ2) is 67.9. The Morgan fingerprint density at radius 3 is 0.763 bits per heavy atom. The number of rotatable bonds is 66. The van der Waals surface area contributed by atoms with Gasteiger partial charge in [-0.15, -0.1) is 0 Å². The number of allylic oxidation sites excluding steroid dienone is 5. The van der Waals surface area contributed by atoms with E-state index in [1.54, 1.807) is 6.08 Å². The Hall–Kier alpha value is -1.39. The predicted octanol–water partition coefficient (Wildman–Crippen LogP) is 23.9. The number of unbranched alkanes of at least 4 members (excludes halogenated alkanes) is 55. The molecule has 0 radical (unpaired) electrons. The van der Waals surface area contributed by atoms with Gasteiger partial charge in [-0.2, -0.15) is 0 Å². The first kappa shape index (κ1) is 74.6. The zero-order valence-corrected chi connectivity index (χ0v) is 52.1. The highest BCUT2D eigenvalue weighted by Gasteiger charge is 2.18. The molecular formula is C72H139NO3. The van der Waals surface area contributed by atoms with E-state index in [1.807, 2.05) is 6.08 Å². The molecule has 0 aromatic rings. The zero-order valence-electron chi connectivity index (χ0n) is 52.1. The predicted molar refractivity (Wildman–Crippen MR) is 341 cm³/mol.